The standard InChI is InChI=1S/C15H18Br2NO3/c1-3-4-10-6-15(2,21-14(10)20)13(19)9-18-7-11(16)5-12(17)8-18/h5,7-8,10H,3-4,6,9H2,1-2H3/q+1/t10-,15-/m1/s1. The van der Waals surface area contributed by atoms with Crippen molar-refractivity contribution in [3.8, 4) is 0 Å². The topological polar surface area (TPSA) is 47.2 Å². The van der Waals surface area contributed by atoms with Crippen LogP contribution in [0.3, 0.4) is 0 Å². The fraction of sp³-hybridized carbons (Fsp3) is 0.533. The highest BCUT2D eigenvalue weighted by molar-refractivity contribution is 9.11. The van der Waals surface area contributed by atoms with Crippen LogP contribution in [0.5, 0.6) is 0 Å². The van der Waals surface area contributed by atoms with Crippen LogP contribution in [-0.4, -0.2) is 17.4 Å². The van der Waals surface area contributed by atoms with Crippen LogP contribution >= 0.6 is 31.9 Å². The number of carbonyl (C=O) groups is 2. The number of hydrogen-bond donors (Lipinski definition) is 0. The molecule has 2 atom stereocenters. The molecule has 0 radical (unpaired) electrons. The normalized spacial score (nSPS) is 25.0. The Labute approximate surface area is 141 Å². The Morgan fingerprint density at radius 2 is 2.05 bits per heavy atom. The summed E-state index contributed by atoms with van der Waals surface area (Å²) in [5.74, 6) is -0.472. The number of ether oxygens (including phenoxy) is 1. The Morgan fingerprint density at radius 3 is 2.62 bits per heavy atom. The lowest BCUT2D eigenvalue weighted by Crippen LogP contribution is -2.46. The predicted molar refractivity (Wildman–Crippen MR) is 84.6 cm³/mol. The molecule has 0 amide bonds. The van der Waals surface area contributed by atoms with Gasteiger partial charge in [-0.05, 0) is 51.3 Å². The number of cyclic esters (lactones) is 1. The summed E-state index contributed by atoms with van der Waals surface area (Å²) in [6.07, 6.45) is 5.82. The third kappa shape index (κ3) is 3.92. The lowest BCUT2D eigenvalue weighted by atomic mass is 9.89. The number of aromatic nitrogens is 1. The first-order valence-electron chi connectivity index (χ1n) is 6.95. The molecule has 1 aromatic rings. The van der Waals surface area contributed by atoms with E-state index in [1.807, 2.05) is 25.4 Å². The van der Waals surface area contributed by atoms with Crippen molar-refractivity contribution in [2.45, 2.75) is 45.3 Å². The largest absolute Gasteiger partial charge is 0.451 e. The van der Waals surface area contributed by atoms with Gasteiger partial charge < -0.3 is 4.74 Å². The number of carbonyl (C=O) groups excluding carboxylic acids is 2. The molecule has 0 saturated carbocycles. The van der Waals surface area contributed by atoms with Gasteiger partial charge in [0.05, 0.1) is 14.9 Å². The number of esters is 1. The van der Waals surface area contributed by atoms with Gasteiger partial charge in [-0.2, -0.15) is 4.57 Å². The van der Waals surface area contributed by atoms with E-state index in [-0.39, 0.29) is 24.2 Å². The molecule has 0 N–H and O–H groups in total. The lowest BCUT2D eigenvalue weighted by Gasteiger charge is -2.19. The van der Waals surface area contributed by atoms with Crippen molar-refractivity contribution < 1.29 is 18.9 Å². The van der Waals surface area contributed by atoms with E-state index in [9.17, 15) is 9.59 Å². The number of ketones is 1. The summed E-state index contributed by atoms with van der Waals surface area (Å²) in [5, 5.41) is 0. The van der Waals surface area contributed by atoms with Crippen LogP contribution in [-0.2, 0) is 20.9 Å². The van der Waals surface area contributed by atoms with E-state index in [4.69, 9.17) is 4.74 Å². The second-order valence-electron chi connectivity index (χ2n) is 5.61. The zero-order chi connectivity index (χ0) is 15.6. The molecule has 114 valence electrons. The molecular weight excluding hydrogens is 402 g/mol. The summed E-state index contributed by atoms with van der Waals surface area (Å²) in [5.41, 5.74) is -1.00. The minimum atomic E-state index is -1.00. The maximum atomic E-state index is 12.5. The van der Waals surface area contributed by atoms with Crippen molar-refractivity contribution in [3.63, 3.8) is 0 Å². The first-order chi connectivity index (χ1) is 9.84. The summed E-state index contributed by atoms with van der Waals surface area (Å²) < 4.78 is 8.92. The van der Waals surface area contributed by atoms with Crippen LogP contribution in [0.15, 0.2) is 27.4 Å². The van der Waals surface area contributed by atoms with Gasteiger partial charge in [-0.25, -0.2) is 0 Å². The van der Waals surface area contributed by atoms with Crippen molar-refractivity contribution in [2.24, 2.45) is 5.92 Å². The molecular formula is C15H18Br2NO3+. The zero-order valence-electron chi connectivity index (χ0n) is 12.1. The number of pyridine rings is 1. The van der Waals surface area contributed by atoms with E-state index in [1.165, 1.54) is 0 Å². The third-order valence-electron chi connectivity index (χ3n) is 3.70. The molecule has 2 heterocycles. The molecule has 0 aromatic carbocycles. The maximum Gasteiger partial charge on any atom is 0.310 e. The summed E-state index contributed by atoms with van der Waals surface area (Å²) in [6.45, 7) is 3.93. The monoisotopic (exact) mass is 418 g/mol. The van der Waals surface area contributed by atoms with Gasteiger partial charge in [0, 0.05) is 6.42 Å². The second kappa shape index (κ2) is 6.57. The molecule has 21 heavy (non-hydrogen) atoms. The van der Waals surface area contributed by atoms with E-state index in [1.54, 1.807) is 11.5 Å². The van der Waals surface area contributed by atoms with Gasteiger partial charge in [0.25, 0.3) is 0 Å². The van der Waals surface area contributed by atoms with E-state index >= 15 is 0 Å². The molecule has 1 fully saturated rings. The van der Waals surface area contributed by atoms with Crippen molar-refractivity contribution in [3.05, 3.63) is 27.4 Å². The first-order valence-corrected chi connectivity index (χ1v) is 8.54. The van der Waals surface area contributed by atoms with E-state index in [2.05, 4.69) is 31.9 Å². The third-order valence-corrected chi connectivity index (χ3v) is 4.57. The summed E-state index contributed by atoms with van der Waals surface area (Å²) in [7, 11) is 0. The van der Waals surface area contributed by atoms with Crippen molar-refractivity contribution in [1.29, 1.82) is 0 Å². The molecule has 4 nitrogen and oxygen atoms in total. The lowest BCUT2D eigenvalue weighted by molar-refractivity contribution is -0.685. The van der Waals surface area contributed by atoms with E-state index in [0.29, 0.717) is 6.42 Å². The minimum Gasteiger partial charge on any atom is -0.451 e. The summed E-state index contributed by atoms with van der Waals surface area (Å²) >= 11 is 6.78. The fourth-order valence-corrected chi connectivity index (χ4v) is 3.95. The Balaban J connectivity index is 2.11. The molecule has 1 aromatic heterocycles. The second-order valence-corrected chi connectivity index (χ2v) is 7.44. The van der Waals surface area contributed by atoms with Gasteiger partial charge in [0.1, 0.15) is 0 Å². The molecule has 0 unspecified atom stereocenters. The van der Waals surface area contributed by atoms with E-state index < -0.39 is 5.60 Å². The molecule has 0 aliphatic carbocycles. The van der Waals surface area contributed by atoms with Crippen LogP contribution in [0.1, 0.15) is 33.1 Å². The highest BCUT2D eigenvalue weighted by Crippen LogP contribution is 2.34. The number of Topliss-reactive ketones (excluding diaryl/α,β-unsaturated/α-hetero) is 1. The van der Waals surface area contributed by atoms with Crippen LogP contribution in [0.2, 0.25) is 0 Å². The average Bonchev–Trinajstić information content (AvgIpc) is 2.65. The van der Waals surface area contributed by atoms with Crippen molar-refractivity contribution in [2.75, 3.05) is 0 Å². The Hall–Kier alpha value is -0.750. The predicted octanol–water partition coefficient (Wildman–Crippen LogP) is 3.19. The number of rotatable bonds is 5. The van der Waals surface area contributed by atoms with Gasteiger partial charge in [-0.3, -0.25) is 9.59 Å². The Morgan fingerprint density at radius 1 is 1.43 bits per heavy atom. The van der Waals surface area contributed by atoms with Crippen LogP contribution < -0.4 is 4.57 Å². The summed E-state index contributed by atoms with van der Waals surface area (Å²) in [6, 6.07) is 1.90. The van der Waals surface area contributed by atoms with Crippen LogP contribution in [0, 0.1) is 5.92 Å². The van der Waals surface area contributed by atoms with Gasteiger partial charge in [0.15, 0.2) is 18.0 Å². The molecule has 6 heteroatoms. The number of nitrogens with zero attached hydrogens (tertiary/aromatic N) is 1. The SMILES string of the molecule is CCC[C@@H]1C[C@](C)(C(=O)C[n+]2cc(Br)cc(Br)c2)OC1=O. The van der Waals surface area contributed by atoms with Crippen LogP contribution in [0.25, 0.3) is 0 Å². The summed E-state index contributed by atoms with van der Waals surface area (Å²) in [4.78, 5) is 24.4. The highest BCUT2D eigenvalue weighted by Gasteiger charge is 2.49. The van der Waals surface area contributed by atoms with Gasteiger partial charge in [0.2, 0.25) is 12.3 Å². The smallest absolute Gasteiger partial charge is 0.310 e. The fourth-order valence-electron chi connectivity index (χ4n) is 2.62. The molecule has 0 spiro atoms. The number of hydrogen-bond acceptors (Lipinski definition) is 3. The minimum absolute atomic E-state index is 0.0792. The van der Waals surface area contributed by atoms with Gasteiger partial charge in [-0.15, -0.1) is 0 Å². The Kier molecular flexibility index (Phi) is 5.20. The zero-order valence-corrected chi connectivity index (χ0v) is 15.2. The maximum absolute atomic E-state index is 12.5. The molecule has 1 aliphatic heterocycles. The molecule has 0 bridgehead atoms. The van der Waals surface area contributed by atoms with Crippen molar-refractivity contribution >= 4 is 43.6 Å². The first kappa shape index (κ1) is 16.6. The highest BCUT2D eigenvalue weighted by atomic mass is 79.9. The molecule has 1 saturated heterocycles. The van der Waals surface area contributed by atoms with Gasteiger partial charge in [-0.1, -0.05) is 13.3 Å². The van der Waals surface area contributed by atoms with E-state index in [0.717, 1.165) is 21.8 Å². The molecule has 2 rings (SSSR count). The molecule has 1 aliphatic rings. The van der Waals surface area contributed by atoms with Crippen molar-refractivity contribution in [1.82, 2.24) is 0 Å². The number of halogens is 2. The average molecular weight is 420 g/mol. The van der Waals surface area contributed by atoms with Crippen LogP contribution in [0.4, 0.5) is 0 Å². The van der Waals surface area contributed by atoms with Gasteiger partial charge >= 0.3 is 5.97 Å². The Bertz CT molecular complexity index is 556. The quantitative estimate of drug-likeness (QED) is 0.543.